The van der Waals surface area contributed by atoms with Crippen LogP contribution in [0.25, 0.3) is 11.2 Å². The molecular weight excluding hydrogens is 511 g/mol. The Morgan fingerprint density at radius 3 is 2.62 bits per heavy atom. The monoisotopic (exact) mass is 546 g/mol. The minimum atomic E-state index is -2.05. The van der Waals surface area contributed by atoms with Crippen molar-refractivity contribution >= 4 is 28.9 Å². The van der Waals surface area contributed by atoms with Crippen molar-refractivity contribution < 1.29 is 14.3 Å². The zero-order valence-corrected chi connectivity index (χ0v) is 22.8. The lowest BCUT2D eigenvalue weighted by Crippen LogP contribution is -2.32. The second-order valence-corrected chi connectivity index (χ2v) is 11.1. The quantitative estimate of drug-likeness (QED) is 0.206. The van der Waals surface area contributed by atoms with Gasteiger partial charge in [-0.3, -0.25) is 4.98 Å². The minimum Gasteiger partial charge on any atom is -0.463 e. The highest BCUT2D eigenvalue weighted by molar-refractivity contribution is 6.01. The van der Waals surface area contributed by atoms with Gasteiger partial charge in [-0.2, -0.15) is 4.99 Å². The van der Waals surface area contributed by atoms with Gasteiger partial charge in [-0.05, 0) is 76.3 Å². The van der Waals surface area contributed by atoms with Crippen molar-refractivity contribution in [3.63, 3.8) is 0 Å². The van der Waals surface area contributed by atoms with Crippen LogP contribution in [0.4, 0.5) is 15.0 Å². The van der Waals surface area contributed by atoms with Crippen molar-refractivity contribution in [1.82, 2.24) is 24.5 Å². The van der Waals surface area contributed by atoms with Gasteiger partial charge in [-0.1, -0.05) is 12.5 Å². The van der Waals surface area contributed by atoms with Crippen molar-refractivity contribution in [3.05, 3.63) is 41.7 Å². The van der Waals surface area contributed by atoms with Crippen LogP contribution in [0, 0.1) is 30.1 Å². The van der Waals surface area contributed by atoms with Crippen molar-refractivity contribution in [2.24, 2.45) is 28.5 Å². The molecule has 1 amide bonds. The van der Waals surface area contributed by atoms with Crippen LogP contribution in [-0.4, -0.2) is 47.6 Å². The lowest BCUT2D eigenvalue weighted by Gasteiger charge is -2.32. The third kappa shape index (κ3) is 5.48. The molecule has 0 aliphatic heterocycles. The zero-order valence-electron chi connectivity index (χ0n) is 22.8. The summed E-state index contributed by atoms with van der Waals surface area (Å²) in [5.41, 5.74) is 4.90. The Balaban J connectivity index is 1.68. The van der Waals surface area contributed by atoms with Crippen molar-refractivity contribution in [3.8, 4) is 12.3 Å². The third-order valence-corrected chi connectivity index (χ3v) is 8.36. The van der Waals surface area contributed by atoms with Crippen molar-refractivity contribution in [2.45, 2.75) is 77.0 Å². The topological polar surface area (TPSA) is 144 Å². The van der Waals surface area contributed by atoms with E-state index in [9.17, 15) is 4.79 Å². The maximum Gasteiger partial charge on any atom is 0.433 e. The molecule has 4 N–H and O–H groups in total. The number of carboxylic acid groups (broad SMARTS) is 1. The van der Waals surface area contributed by atoms with Crippen molar-refractivity contribution in [1.29, 1.82) is 0 Å². The Labute approximate surface area is 232 Å². The van der Waals surface area contributed by atoms with Crippen LogP contribution < -0.4 is 11.1 Å². The van der Waals surface area contributed by atoms with E-state index in [1.54, 1.807) is 24.4 Å². The molecule has 2 saturated carbocycles. The van der Waals surface area contributed by atoms with E-state index in [0.717, 1.165) is 38.5 Å². The summed E-state index contributed by atoms with van der Waals surface area (Å²) in [5.74, 6) is 4.00. The van der Waals surface area contributed by atoms with Gasteiger partial charge in [0.25, 0.3) is 0 Å². The maximum atomic E-state index is 16.8. The highest BCUT2D eigenvalue weighted by Gasteiger charge is 2.38. The number of nitrogens with two attached hydrogens (primary N) is 1. The number of anilines is 1. The number of nitrogens with zero attached hydrogens (tertiary/aromatic N) is 6. The molecule has 2 aliphatic rings. The molecule has 0 aromatic carbocycles. The van der Waals surface area contributed by atoms with Crippen molar-refractivity contribution in [2.75, 3.05) is 5.32 Å². The molecule has 0 bridgehead atoms. The number of amides is 1. The summed E-state index contributed by atoms with van der Waals surface area (Å²) < 4.78 is 18.6. The number of carbonyl (C=O) groups is 1. The fourth-order valence-corrected chi connectivity index (χ4v) is 5.74. The number of hydrogen-bond donors (Lipinski definition) is 3. The Morgan fingerprint density at radius 2 is 2.02 bits per heavy atom. The van der Waals surface area contributed by atoms with Crippen LogP contribution in [0.2, 0.25) is 0 Å². The standard InChI is InChI=1S/C29H35FN8O2/c1-4-18-11-13-19(14-12-18)16-38-22-24(33-17(2)20-8-7-9-20)35-26(23(31)34-28(39)40)36-25(22)37-27(38)29(3,30)21-10-5-6-15-32-21/h1,5-6,10,15,17-20H,7-9,11-14,16H2,2-3H3,(H2,31,34)(H,39,40)(H,33,35,36). The molecule has 3 aromatic rings. The van der Waals surface area contributed by atoms with Crippen LogP contribution in [-0.2, 0) is 12.2 Å². The first-order valence-electron chi connectivity index (χ1n) is 13.9. The largest absolute Gasteiger partial charge is 0.463 e. The van der Waals surface area contributed by atoms with Gasteiger partial charge >= 0.3 is 6.09 Å². The molecule has 3 aromatic heterocycles. The van der Waals surface area contributed by atoms with E-state index in [1.165, 1.54) is 13.3 Å². The molecule has 0 spiro atoms. The summed E-state index contributed by atoms with van der Waals surface area (Å²) in [6.45, 7) is 4.03. The van der Waals surface area contributed by atoms with Gasteiger partial charge in [0.1, 0.15) is 5.52 Å². The molecule has 40 heavy (non-hydrogen) atoms. The Morgan fingerprint density at radius 1 is 1.27 bits per heavy atom. The Hall–Kier alpha value is -4.07. The summed E-state index contributed by atoms with van der Waals surface area (Å²) in [7, 11) is 0. The first kappa shape index (κ1) is 27.5. The molecule has 5 rings (SSSR count). The van der Waals surface area contributed by atoms with E-state index in [1.807, 2.05) is 4.57 Å². The van der Waals surface area contributed by atoms with Crippen LogP contribution >= 0.6 is 0 Å². The SMILES string of the molecule is C#CC1CCC(Cn2c(C(C)(F)c3ccccn3)nc3nc(C(N)=NC(=O)O)nc(NC(C)C4CCC4)c32)CC1. The first-order valence-corrected chi connectivity index (χ1v) is 13.9. The number of halogens is 1. The van der Waals surface area contributed by atoms with E-state index in [4.69, 9.17) is 22.2 Å². The molecule has 2 unspecified atom stereocenters. The molecular formula is C29H35FN8O2. The molecule has 11 heteroatoms. The van der Waals surface area contributed by atoms with Gasteiger partial charge in [0.2, 0.25) is 5.67 Å². The van der Waals surface area contributed by atoms with Gasteiger partial charge in [0, 0.05) is 24.7 Å². The molecule has 2 fully saturated rings. The molecule has 2 aliphatic carbocycles. The second kappa shape index (κ2) is 11.2. The maximum absolute atomic E-state index is 16.8. The van der Waals surface area contributed by atoms with E-state index >= 15 is 4.39 Å². The number of aromatic nitrogens is 5. The number of imidazole rings is 1. The summed E-state index contributed by atoms with van der Waals surface area (Å²) in [4.78, 5) is 32.7. The highest BCUT2D eigenvalue weighted by Crippen LogP contribution is 2.38. The predicted octanol–water partition coefficient (Wildman–Crippen LogP) is 4.88. The zero-order chi connectivity index (χ0) is 28.4. The first-order chi connectivity index (χ1) is 19.2. The van der Waals surface area contributed by atoms with E-state index in [2.05, 4.69) is 38.1 Å². The summed E-state index contributed by atoms with van der Waals surface area (Å²) >= 11 is 0. The van der Waals surface area contributed by atoms with Crippen LogP contribution in [0.15, 0.2) is 29.4 Å². The van der Waals surface area contributed by atoms with Gasteiger partial charge in [0.15, 0.2) is 28.9 Å². The molecule has 2 atom stereocenters. The number of terminal acetylenes is 1. The van der Waals surface area contributed by atoms with Crippen LogP contribution in [0.3, 0.4) is 0 Å². The number of alkyl halides is 1. The number of fused-ring (bicyclic) bond motifs is 1. The smallest absolute Gasteiger partial charge is 0.433 e. The van der Waals surface area contributed by atoms with Gasteiger partial charge in [0.05, 0.1) is 5.69 Å². The van der Waals surface area contributed by atoms with E-state index < -0.39 is 11.8 Å². The molecule has 210 valence electrons. The fourth-order valence-electron chi connectivity index (χ4n) is 5.74. The Bertz CT molecular complexity index is 1450. The minimum absolute atomic E-state index is 0.0720. The van der Waals surface area contributed by atoms with Gasteiger partial charge in [-0.15, -0.1) is 12.3 Å². The summed E-state index contributed by atoms with van der Waals surface area (Å²) in [5, 5.41) is 12.7. The average molecular weight is 547 g/mol. The van der Waals surface area contributed by atoms with E-state index in [-0.39, 0.29) is 46.7 Å². The van der Waals surface area contributed by atoms with E-state index in [0.29, 0.717) is 23.8 Å². The normalized spacial score (nSPS) is 22.2. The lowest BCUT2D eigenvalue weighted by molar-refractivity contribution is 0.205. The highest BCUT2D eigenvalue weighted by atomic mass is 19.1. The van der Waals surface area contributed by atoms with Gasteiger partial charge in [-0.25, -0.2) is 24.1 Å². The average Bonchev–Trinajstić information content (AvgIpc) is 3.27. The molecule has 10 nitrogen and oxygen atoms in total. The number of hydrogen-bond acceptors (Lipinski definition) is 6. The molecule has 3 heterocycles. The number of pyridine rings is 1. The van der Waals surface area contributed by atoms with Crippen LogP contribution in [0.1, 0.15) is 76.1 Å². The third-order valence-electron chi connectivity index (χ3n) is 8.36. The summed E-state index contributed by atoms with van der Waals surface area (Å²) in [6.07, 6.45) is 12.8. The number of nitrogens with one attached hydrogen (secondary N) is 1. The second-order valence-electron chi connectivity index (χ2n) is 11.1. The number of amidine groups is 1. The van der Waals surface area contributed by atoms with Gasteiger partial charge < -0.3 is 20.7 Å². The summed E-state index contributed by atoms with van der Waals surface area (Å²) in [6, 6.07) is 5.18. The molecule has 0 radical (unpaired) electrons. The predicted molar refractivity (Wildman–Crippen MR) is 151 cm³/mol. The Kier molecular flexibility index (Phi) is 7.70. The lowest BCUT2D eigenvalue weighted by atomic mass is 9.80. The molecule has 0 saturated heterocycles. The fraction of sp³-hybridized carbons (Fsp3) is 0.517. The number of rotatable bonds is 8. The number of aliphatic imine (C=N–C) groups is 1. The van der Waals surface area contributed by atoms with Crippen LogP contribution in [0.5, 0.6) is 0 Å².